The molecule has 0 heterocycles. The van der Waals surface area contributed by atoms with Gasteiger partial charge in [0.05, 0.1) is 6.61 Å². The summed E-state index contributed by atoms with van der Waals surface area (Å²) in [5.74, 6) is 0.483. The molecule has 2 atom stereocenters. The summed E-state index contributed by atoms with van der Waals surface area (Å²) in [6, 6.07) is 9.45. The Morgan fingerprint density at radius 2 is 2.00 bits per heavy atom. The number of aliphatic hydroxyl groups is 1. The largest absolute Gasteiger partial charge is 0.395 e. The van der Waals surface area contributed by atoms with Crippen LogP contribution in [0.2, 0.25) is 0 Å². The van der Waals surface area contributed by atoms with E-state index in [1.165, 1.54) is 17.5 Å². The summed E-state index contributed by atoms with van der Waals surface area (Å²) in [6.45, 7) is 4.55. The van der Waals surface area contributed by atoms with E-state index in [4.69, 9.17) is 0 Å². The highest BCUT2D eigenvalue weighted by Crippen LogP contribution is 2.21. The first kappa shape index (κ1) is 12.6. The van der Waals surface area contributed by atoms with Crippen LogP contribution < -0.4 is 5.32 Å². The molecule has 1 aliphatic rings. The van der Waals surface area contributed by atoms with Crippen LogP contribution in [0.25, 0.3) is 0 Å². The van der Waals surface area contributed by atoms with Crippen LogP contribution in [0, 0.1) is 5.92 Å². The molecule has 2 rings (SSSR count). The van der Waals surface area contributed by atoms with E-state index in [2.05, 4.69) is 43.4 Å². The maximum Gasteiger partial charge on any atom is 0.0587 e. The Kier molecular flexibility index (Phi) is 4.19. The van der Waals surface area contributed by atoms with Crippen molar-refractivity contribution in [3.05, 3.63) is 35.4 Å². The lowest BCUT2D eigenvalue weighted by Gasteiger charge is -2.30. The van der Waals surface area contributed by atoms with Gasteiger partial charge in [-0.1, -0.05) is 38.1 Å². The summed E-state index contributed by atoms with van der Waals surface area (Å²) >= 11 is 0. The summed E-state index contributed by atoms with van der Waals surface area (Å²) in [5.41, 5.74) is 2.97. The van der Waals surface area contributed by atoms with E-state index in [0.29, 0.717) is 12.0 Å². The van der Waals surface area contributed by atoms with Gasteiger partial charge in [0.2, 0.25) is 0 Å². The van der Waals surface area contributed by atoms with Gasteiger partial charge < -0.3 is 10.4 Å². The summed E-state index contributed by atoms with van der Waals surface area (Å²) in [5, 5.41) is 13.0. The lowest BCUT2D eigenvalue weighted by atomic mass is 9.87. The first-order valence-corrected chi connectivity index (χ1v) is 6.64. The molecule has 0 spiro atoms. The molecule has 2 nitrogen and oxygen atoms in total. The van der Waals surface area contributed by atoms with Gasteiger partial charge in [0, 0.05) is 12.1 Å². The minimum absolute atomic E-state index is 0.227. The van der Waals surface area contributed by atoms with Crippen molar-refractivity contribution in [3.8, 4) is 0 Å². The van der Waals surface area contributed by atoms with Crippen LogP contribution in [0.1, 0.15) is 31.4 Å². The molecule has 0 amide bonds. The summed E-state index contributed by atoms with van der Waals surface area (Å²) < 4.78 is 0. The number of fused-ring (bicyclic) bond motifs is 1. The number of hydrogen-bond donors (Lipinski definition) is 2. The maximum absolute atomic E-state index is 9.36. The second-order valence-electron chi connectivity index (χ2n) is 5.41. The van der Waals surface area contributed by atoms with Crippen molar-refractivity contribution in [1.82, 2.24) is 5.32 Å². The standard InChI is InChI=1S/C15H23NO/c1-11(2)15(10-17)16-14-8-7-12-5-3-4-6-13(12)9-14/h3-6,11,14-17H,7-10H2,1-2H3. The summed E-state index contributed by atoms with van der Waals surface area (Å²) in [4.78, 5) is 0. The van der Waals surface area contributed by atoms with Crippen molar-refractivity contribution < 1.29 is 5.11 Å². The van der Waals surface area contributed by atoms with Crippen LogP contribution in [0.4, 0.5) is 0 Å². The zero-order valence-electron chi connectivity index (χ0n) is 10.8. The zero-order valence-corrected chi connectivity index (χ0v) is 10.8. The number of nitrogens with one attached hydrogen (secondary N) is 1. The van der Waals surface area contributed by atoms with E-state index in [1.807, 2.05) is 0 Å². The highest BCUT2D eigenvalue weighted by atomic mass is 16.3. The normalized spacial score (nSPS) is 21.3. The van der Waals surface area contributed by atoms with Crippen molar-refractivity contribution in [1.29, 1.82) is 0 Å². The highest BCUT2D eigenvalue weighted by Gasteiger charge is 2.21. The van der Waals surface area contributed by atoms with E-state index in [9.17, 15) is 5.11 Å². The van der Waals surface area contributed by atoms with Crippen molar-refractivity contribution in [2.45, 2.75) is 45.2 Å². The van der Waals surface area contributed by atoms with Gasteiger partial charge >= 0.3 is 0 Å². The molecule has 0 aliphatic heterocycles. The monoisotopic (exact) mass is 233 g/mol. The van der Waals surface area contributed by atoms with E-state index in [0.717, 1.165) is 12.8 Å². The molecule has 1 aliphatic carbocycles. The predicted octanol–water partition coefficient (Wildman–Crippen LogP) is 2.15. The molecule has 2 N–H and O–H groups in total. The number of aliphatic hydroxyl groups excluding tert-OH is 1. The van der Waals surface area contributed by atoms with Crippen molar-refractivity contribution >= 4 is 0 Å². The van der Waals surface area contributed by atoms with Crippen molar-refractivity contribution in [2.24, 2.45) is 5.92 Å². The first-order valence-electron chi connectivity index (χ1n) is 6.64. The molecule has 0 fully saturated rings. The molecular formula is C15H23NO. The Hall–Kier alpha value is -0.860. The molecule has 1 aromatic carbocycles. The summed E-state index contributed by atoms with van der Waals surface area (Å²) in [6.07, 6.45) is 3.43. The van der Waals surface area contributed by atoms with Crippen molar-refractivity contribution in [2.75, 3.05) is 6.61 Å². The van der Waals surface area contributed by atoms with E-state index in [1.54, 1.807) is 0 Å². The quantitative estimate of drug-likeness (QED) is 0.835. The molecule has 0 radical (unpaired) electrons. The molecule has 0 aromatic heterocycles. The van der Waals surface area contributed by atoms with Gasteiger partial charge in [-0.15, -0.1) is 0 Å². The topological polar surface area (TPSA) is 32.3 Å². The molecule has 2 unspecified atom stereocenters. The second-order valence-corrected chi connectivity index (χ2v) is 5.41. The van der Waals surface area contributed by atoms with Gasteiger partial charge in [-0.25, -0.2) is 0 Å². The van der Waals surface area contributed by atoms with Gasteiger partial charge in [-0.3, -0.25) is 0 Å². The highest BCUT2D eigenvalue weighted by molar-refractivity contribution is 5.30. The summed E-state index contributed by atoms with van der Waals surface area (Å²) in [7, 11) is 0. The Balaban J connectivity index is 1.98. The lowest BCUT2D eigenvalue weighted by molar-refractivity contribution is 0.195. The van der Waals surface area contributed by atoms with Crippen LogP contribution in [-0.4, -0.2) is 23.8 Å². The average Bonchev–Trinajstić information content (AvgIpc) is 2.35. The molecule has 17 heavy (non-hydrogen) atoms. The number of aryl methyl sites for hydroxylation is 1. The fraction of sp³-hybridized carbons (Fsp3) is 0.600. The van der Waals surface area contributed by atoms with E-state index < -0.39 is 0 Å². The number of rotatable bonds is 4. The van der Waals surface area contributed by atoms with Gasteiger partial charge in [-0.2, -0.15) is 0 Å². The van der Waals surface area contributed by atoms with Crippen LogP contribution in [-0.2, 0) is 12.8 Å². The number of benzene rings is 1. The van der Waals surface area contributed by atoms with Gasteiger partial charge in [0.25, 0.3) is 0 Å². The lowest BCUT2D eigenvalue weighted by Crippen LogP contribution is -2.46. The maximum atomic E-state index is 9.36. The second kappa shape index (κ2) is 5.65. The first-order chi connectivity index (χ1) is 8.20. The van der Waals surface area contributed by atoms with Crippen LogP contribution >= 0.6 is 0 Å². The molecule has 94 valence electrons. The Morgan fingerprint density at radius 1 is 1.29 bits per heavy atom. The SMILES string of the molecule is CC(C)C(CO)NC1CCc2ccccc2C1. The average molecular weight is 233 g/mol. The zero-order chi connectivity index (χ0) is 12.3. The van der Waals surface area contributed by atoms with Crippen LogP contribution in [0.15, 0.2) is 24.3 Å². The molecule has 1 aromatic rings. The fourth-order valence-electron chi connectivity index (χ4n) is 2.60. The van der Waals surface area contributed by atoms with E-state index >= 15 is 0 Å². The molecule has 0 saturated carbocycles. The molecule has 0 bridgehead atoms. The predicted molar refractivity (Wildman–Crippen MR) is 71.1 cm³/mol. The van der Waals surface area contributed by atoms with E-state index in [-0.39, 0.29) is 12.6 Å². The fourth-order valence-corrected chi connectivity index (χ4v) is 2.60. The van der Waals surface area contributed by atoms with Gasteiger partial charge in [0.15, 0.2) is 0 Å². The third kappa shape index (κ3) is 3.08. The Bertz CT molecular complexity index is 362. The molecule has 2 heteroatoms. The van der Waals surface area contributed by atoms with Crippen molar-refractivity contribution in [3.63, 3.8) is 0 Å². The number of hydrogen-bond acceptors (Lipinski definition) is 2. The third-order valence-corrected chi connectivity index (χ3v) is 3.80. The molecular weight excluding hydrogens is 210 g/mol. The minimum Gasteiger partial charge on any atom is -0.395 e. The Morgan fingerprint density at radius 3 is 2.65 bits per heavy atom. The Labute approximate surface area is 104 Å². The van der Waals surface area contributed by atoms with Gasteiger partial charge in [-0.05, 0) is 36.3 Å². The van der Waals surface area contributed by atoms with Crippen LogP contribution in [0.5, 0.6) is 0 Å². The minimum atomic E-state index is 0.227. The van der Waals surface area contributed by atoms with Gasteiger partial charge in [0.1, 0.15) is 0 Å². The molecule has 0 saturated heterocycles. The third-order valence-electron chi connectivity index (χ3n) is 3.80. The smallest absolute Gasteiger partial charge is 0.0587 e. The van der Waals surface area contributed by atoms with Crippen LogP contribution in [0.3, 0.4) is 0 Å².